The van der Waals surface area contributed by atoms with Gasteiger partial charge in [-0.25, -0.2) is 4.39 Å². The molecule has 1 aromatic carbocycles. The first-order valence-corrected chi connectivity index (χ1v) is 4.32. The van der Waals surface area contributed by atoms with Crippen LogP contribution in [0, 0.1) is 5.82 Å². The molecule has 68 valence electrons. The van der Waals surface area contributed by atoms with Gasteiger partial charge in [-0.05, 0) is 28.1 Å². The Kier molecular flexibility index (Phi) is 3.19. The lowest BCUT2D eigenvalue weighted by molar-refractivity contribution is -0.113. The van der Waals surface area contributed by atoms with E-state index in [2.05, 4.69) is 15.9 Å². The van der Waals surface area contributed by atoms with Gasteiger partial charge in [0.15, 0.2) is 0 Å². The van der Waals surface area contributed by atoms with Crippen molar-refractivity contribution in [1.29, 1.82) is 0 Å². The molecule has 0 aliphatic carbocycles. The first-order valence-electron chi connectivity index (χ1n) is 3.53. The van der Waals surface area contributed by atoms with E-state index in [1.165, 1.54) is 6.08 Å². The van der Waals surface area contributed by atoms with E-state index in [1.807, 2.05) is 0 Å². The van der Waals surface area contributed by atoms with Gasteiger partial charge in [-0.2, -0.15) is 0 Å². The predicted octanol–water partition coefficient (Wildman–Crippen LogP) is 2.09. The Hall–Kier alpha value is -1.16. The van der Waals surface area contributed by atoms with Gasteiger partial charge in [0.05, 0.1) is 4.47 Å². The third-order valence-corrected chi connectivity index (χ3v) is 2.02. The largest absolute Gasteiger partial charge is 0.366 e. The van der Waals surface area contributed by atoms with E-state index in [-0.39, 0.29) is 0 Å². The predicted molar refractivity (Wildman–Crippen MR) is 52.3 cm³/mol. The highest BCUT2D eigenvalue weighted by Crippen LogP contribution is 2.19. The van der Waals surface area contributed by atoms with E-state index in [9.17, 15) is 9.18 Å². The fraction of sp³-hybridized carbons (Fsp3) is 0. The van der Waals surface area contributed by atoms with Gasteiger partial charge in [-0.1, -0.05) is 12.1 Å². The summed E-state index contributed by atoms with van der Waals surface area (Å²) in [6, 6.07) is 4.81. The molecule has 0 atom stereocenters. The van der Waals surface area contributed by atoms with Crippen LogP contribution >= 0.6 is 15.9 Å². The molecular weight excluding hydrogens is 237 g/mol. The van der Waals surface area contributed by atoms with Crippen molar-refractivity contribution in [3.05, 3.63) is 40.1 Å². The van der Waals surface area contributed by atoms with Crippen LogP contribution in [-0.4, -0.2) is 5.91 Å². The summed E-state index contributed by atoms with van der Waals surface area (Å²) in [5.41, 5.74) is 5.20. The molecule has 0 unspecified atom stereocenters. The average Bonchev–Trinajstić information content (AvgIpc) is 2.07. The summed E-state index contributed by atoms with van der Waals surface area (Å²) in [4.78, 5) is 10.4. The van der Waals surface area contributed by atoms with Crippen molar-refractivity contribution >= 4 is 27.9 Å². The SMILES string of the molecule is NC(=O)C=Cc1cccc(Br)c1F. The first kappa shape index (κ1) is 9.92. The van der Waals surface area contributed by atoms with Crippen molar-refractivity contribution in [1.82, 2.24) is 0 Å². The molecule has 0 fully saturated rings. The summed E-state index contributed by atoms with van der Waals surface area (Å²) in [5, 5.41) is 0. The molecule has 0 aliphatic heterocycles. The minimum atomic E-state index is -0.598. The molecule has 13 heavy (non-hydrogen) atoms. The maximum Gasteiger partial charge on any atom is 0.241 e. The van der Waals surface area contributed by atoms with Crippen LogP contribution in [0.4, 0.5) is 4.39 Å². The Bertz CT molecular complexity index is 363. The number of carbonyl (C=O) groups excluding carboxylic acids is 1. The number of nitrogens with two attached hydrogens (primary N) is 1. The molecular formula is C9H7BrFNO. The standard InChI is InChI=1S/C9H7BrFNO/c10-7-3-1-2-6(9(7)11)4-5-8(12)13/h1-5H,(H2,12,13). The Labute approximate surface area is 83.4 Å². The summed E-state index contributed by atoms with van der Waals surface area (Å²) in [6.45, 7) is 0. The molecule has 1 aromatic rings. The third kappa shape index (κ3) is 2.66. The first-order chi connectivity index (χ1) is 6.11. The monoisotopic (exact) mass is 243 g/mol. The van der Waals surface area contributed by atoms with E-state index >= 15 is 0 Å². The molecule has 0 saturated carbocycles. The van der Waals surface area contributed by atoms with Crippen LogP contribution in [-0.2, 0) is 4.79 Å². The van der Waals surface area contributed by atoms with Crippen molar-refractivity contribution in [3.8, 4) is 0 Å². The van der Waals surface area contributed by atoms with Crippen molar-refractivity contribution in [2.75, 3.05) is 0 Å². The molecule has 0 saturated heterocycles. The van der Waals surface area contributed by atoms with E-state index < -0.39 is 11.7 Å². The second kappa shape index (κ2) is 4.18. The van der Waals surface area contributed by atoms with E-state index in [0.29, 0.717) is 10.0 Å². The smallest absolute Gasteiger partial charge is 0.241 e. The van der Waals surface area contributed by atoms with Gasteiger partial charge < -0.3 is 5.73 Å². The van der Waals surface area contributed by atoms with Crippen molar-refractivity contribution < 1.29 is 9.18 Å². The number of hydrogen-bond acceptors (Lipinski definition) is 1. The van der Waals surface area contributed by atoms with Crippen LogP contribution in [0.15, 0.2) is 28.7 Å². The van der Waals surface area contributed by atoms with Gasteiger partial charge in [-0.3, -0.25) is 4.79 Å². The van der Waals surface area contributed by atoms with Gasteiger partial charge in [0.2, 0.25) is 5.91 Å². The minimum Gasteiger partial charge on any atom is -0.366 e. The highest BCUT2D eigenvalue weighted by Gasteiger charge is 2.01. The van der Waals surface area contributed by atoms with E-state index in [4.69, 9.17) is 5.73 Å². The van der Waals surface area contributed by atoms with Gasteiger partial charge in [0.1, 0.15) is 5.82 Å². The van der Waals surface area contributed by atoms with Crippen LogP contribution in [0.25, 0.3) is 6.08 Å². The second-order valence-electron chi connectivity index (χ2n) is 2.38. The lowest BCUT2D eigenvalue weighted by Crippen LogP contribution is -2.05. The molecule has 2 N–H and O–H groups in total. The molecule has 0 aromatic heterocycles. The summed E-state index contributed by atoms with van der Waals surface area (Å²) >= 11 is 3.03. The number of benzene rings is 1. The quantitative estimate of drug-likeness (QED) is 0.795. The van der Waals surface area contributed by atoms with Crippen molar-refractivity contribution in [3.63, 3.8) is 0 Å². The lowest BCUT2D eigenvalue weighted by atomic mass is 10.2. The molecule has 0 heterocycles. The Balaban J connectivity index is 3.02. The van der Waals surface area contributed by atoms with Crippen molar-refractivity contribution in [2.24, 2.45) is 5.73 Å². The third-order valence-electron chi connectivity index (χ3n) is 1.41. The molecule has 1 rings (SSSR count). The number of amides is 1. The summed E-state index contributed by atoms with van der Waals surface area (Å²) in [5.74, 6) is -1.00. The molecule has 0 spiro atoms. The van der Waals surface area contributed by atoms with Gasteiger partial charge >= 0.3 is 0 Å². The van der Waals surface area contributed by atoms with E-state index in [0.717, 1.165) is 6.08 Å². The number of carbonyl (C=O) groups is 1. The molecule has 2 nitrogen and oxygen atoms in total. The van der Waals surface area contributed by atoms with Crippen molar-refractivity contribution in [2.45, 2.75) is 0 Å². The molecule has 0 radical (unpaired) electrons. The average molecular weight is 244 g/mol. The number of primary amides is 1. The minimum absolute atomic E-state index is 0.327. The highest BCUT2D eigenvalue weighted by molar-refractivity contribution is 9.10. The zero-order valence-corrected chi connectivity index (χ0v) is 8.21. The topological polar surface area (TPSA) is 43.1 Å². The summed E-state index contributed by atoms with van der Waals surface area (Å²) in [6.07, 6.45) is 2.45. The molecule has 1 amide bonds. The molecule has 0 aliphatic rings. The Morgan fingerprint density at radius 2 is 2.23 bits per heavy atom. The summed E-state index contributed by atoms with van der Waals surface area (Å²) in [7, 11) is 0. The summed E-state index contributed by atoms with van der Waals surface area (Å²) < 4.78 is 13.6. The lowest BCUT2D eigenvalue weighted by Gasteiger charge is -1.97. The molecule has 0 bridgehead atoms. The van der Waals surface area contributed by atoms with Gasteiger partial charge in [0, 0.05) is 11.6 Å². The van der Waals surface area contributed by atoms with Gasteiger partial charge in [-0.15, -0.1) is 0 Å². The van der Waals surface area contributed by atoms with E-state index in [1.54, 1.807) is 18.2 Å². The zero-order chi connectivity index (χ0) is 9.84. The Morgan fingerprint density at radius 3 is 2.85 bits per heavy atom. The Morgan fingerprint density at radius 1 is 1.54 bits per heavy atom. The number of halogens is 2. The van der Waals surface area contributed by atoms with Crippen LogP contribution in [0.5, 0.6) is 0 Å². The normalized spacial score (nSPS) is 10.6. The van der Waals surface area contributed by atoms with Crippen LogP contribution in [0.3, 0.4) is 0 Å². The van der Waals surface area contributed by atoms with Crippen LogP contribution < -0.4 is 5.73 Å². The van der Waals surface area contributed by atoms with Crippen LogP contribution in [0.2, 0.25) is 0 Å². The fourth-order valence-electron chi connectivity index (χ4n) is 0.821. The van der Waals surface area contributed by atoms with Crippen LogP contribution in [0.1, 0.15) is 5.56 Å². The zero-order valence-electron chi connectivity index (χ0n) is 6.63. The number of rotatable bonds is 2. The highest BCUT2D eigenvalue weighted by atomic mass is 79.9. The van der Waals surface area contributed by atoms with Gasteiger partial charge in [0.25, 0.3) is 0 Å². The second-order valence-corrected chi connectivity index (χ2v) is 3.23. The fourth-order valence-corrected chi connectivity index (χ4v) is 1.20. The maximum absolute atomic E-state index is 13.2. The number of hydrogen-bond donors (Lipinski definition) is 1. The maximum atomic E-state index is 13.2. The molecule has 4 heteroatoms.